The van der Waals surface area contributed by atoms with E-state index in [4.69, 9.17) is 0 Å². The molecule has 1 saturated carbocycles. The van der Waals surface area contributed by atoms with Crippen LogP contribution in [0.4, 0.5) is 0 Å². The van der Waals surface area contributed by atoms with Crippen LogP contribution in [0.25, 0.3) is 11.1 Å². The Labute approximate surface area is 143 Å². The topological polar surface area (TPSA) is 34.1 Å². The summed E-state index contributed by atoms with van der Waals surface area (Å²) in [4.78, 5) is 24.8. The van der Waals surface area contributed by atoms with Gasteiger partial charge in [-0.2, -0.15) is 0 Å². The molecule has 0 aromatic heterocycles. The van der Waals surface area contributed by atoms with Crippen molar-refractivity contribution in [1.82, 2.24) is 0 Å². The lowest BCUT2D eigenvalue weighted by molar-refractivity contribution is -0.119. The van der Waals surface area contributed by atoms with Crippen LogP contribution in [-0.4, -0.2) is 11.6 Å². The molecular weight excluding hydrogens is 296 g/mol. The Morgan fingerprint density at radius 1 is 0.917 bits per heavy atom. The summed E-state index contributed by atoms with van der Waals surface area (Å²) in [6.45, 7) is 1.55. The zero-order valence-electron chi connectivity index (χ0n) is 14.2. The fourth-order valence-electron chi connectivity index (χ4n) is 3.70. The fourth-order valence-corrected chi connectivity index (χ4v) is 3.70. The van der Waals surface area contributed by atoms with Crippen LogP contribution in [0.2, 0.25) is 0 Å². The maximum Gasteiger partial charge on any atom is 0.173 e. The smallest absolute Gasteiger partial charge is 0.173 e. The third-order valence-corrected chi connectivity index (χ3v) is 5.13. The molecule has 0 saturated heterocycles. The first-order chi connectivity index (χ1) is 11.6. The lowest BCUT2D eigenvalue weighted by Crippen LogP contribution is -2.24. The minimum atomic E-state index is -0.476. The second-order valence-electron chi connectivity index (χ2n) is 6.86. The molecular formula is C22H24O2. The maximum atomic E-state index is 12.8. The highest BCUT2D eigenvalue weighted by Gasteiger charge is 2.29. The van der Waals surface area contributed by atoms with Gasteiger partial charge in [-0.05, 0) is 30.4 Å². The van der Waals surface area contributed by atoms with Gasteiger partial charge in [0.25, 0.3) is 0 Å². The molecule has 1 fully saturated rings. The van der Waals surface area contributed by atoms with E-state index in [1.54, 1.807) is 6.92 Å². The molecule has 0 spiro atoms. The molecule has 2 nitrogen and oxygen atoms in total. The molecule has 0 bridgehead atoms. The highest BCUT2D eigenvalue weighted by Crippen LogP contribution is 2.32. The number of Topliss-reactive ketones (excluding diaryl/α,β-unsaturated/α-hetero) is 2. The summed E-state index contributed by atoms with van der Waals surface area (Å²) in [5.74, 6) is 0.0372. The van der Waals surface area contributed by atoms with Crippen LogP contribution in [0.1, 0.15) is 49.4 Å². The van der Waals surface area contributed by atoms with Crippen molar-refractivity contribution >= 4 is 11.6 Å². The van der Waals surface area contributed by atoms with Gasteiger partial charge in [-0.15, -0.1) is 0 Å². The molecule has 0 N–H and O–H groups in total. The number of ketones is 2. The Morgan fingerprint density at radius 2 is 1.50 bits per heavy atom. The number of hydrogen-bond acceptors (Lipinski definition) is 2. The molecule has 0 amide bonds. The van der Waals surface area contributed by atoms with Gasteiger partial charge in [0.1, 0.15) is 5.78 Å². The van der Waals surface area contributed by atoms with Crippen LogP contribution in [0.3, 0.4) is 0 Å². The Kier molecular flexibility index (Phi) is 5.24. The molecule has 1 unspecified atom stereocenters. The summed E-state index contributed by atoms with van der Waals surface area (Å²) in [5.41, 5.74) is 2.86. The summed E-state index contributed by atoms with van der Waals surface area (Å²) in [7, 11) is 0. The third-order valence-electron chi connectivity index (χ3n) is 5.13. The monoisotopic (exact) mass is 320 g/mol. The van der Waals surface area contributed by atoms with Crippen molar-refractivity contribution in [3.05, 3.63) is 60.2 Å². The van der Waals surface area contributed by atoms with Crippen molar-refractivity contribution < 1.29 is 9.59 Å². The van der Waals surface area contributed by atoms with Crippen molar-refractivity contribution in [3.63, 3.8) is 0 Å². The maximum absolute atomic E-state index is 12.8. The SMILES string of the molecule is CC(=O)C(CC1CCCC1)C(=O)c1ccc(-c2ccccc2)cc1. The van der Waals surface area contributed by atoms with Crippen molar-refractivity contribution in [2.45, 2.75) is 39.0 Å². The van der Waals surface area contributed by atoms with Crippen LogP contribution in [0.5, 0.6) is 0 Å². The average molecular weight is 320 g/mol. The lowest BCUT2D eigenvalue weighted by atomic mass is 9.85. The van der Waals surface area contributed by atoms with Gasteiger partial charge in [0.15, 0.2) is 5.78 Å². The Hall–Kier alpha value is -2.22. The second-order valence-corrected chi connectivity index (χ2v) is 6.86. The van der Waals surface area contributed by atoms with E-state index in [1.165, 1.54) is 12.8 Å². The van der Waals surface area contributed by atoms with Gasteiger partial charge < -0.3 is 0 Å². The number of carbonyl (C=O) groups is 2. The molecule has 1 aliphatic carbocycles. The van der Waals surface area contributed by atoms with Gasteiger partial charge in [-0.1, -0.05) is 80.3 Å². The van der Waals surface area contributed by atoms with Crippen molar-refractivity contribution in [1.29, 1.82) is 0 Å². The van der Waals surface area contributed by atoms with E-state index in [2.05, 4.69) is 12.1 Å². The molecule has 124 valence electrons. The van der Waals surface area contributed by atoms with E-state index in [9.17, 15) is 9.59 Å². The van der Waals surface area contributed by atoms with Crippen LogP contribution in [-0.2, 0) is 4.79 Å². The zero-order valence-corrected chi connectivity index (χ0v) is 14.2. The molecule has 2 aromatic rings. The van der Waals surface area contributed by atoms with E-state index in [-0.39, 0.29) is 11.6 Å². The molecule has 3 rings (SSSR count). The molecule has 2 aromatic carbocycles. The number of rotatable bonds is 6. The fraction of sp³-hybridized carbons (Fsp3) is 0.364. The summed E-state index contributed by atoms with van der Waals surface area (Å²) in [6, 6.07) is 17.7. The Balaban J connectivity index is 1.76. The van der Waals surface area contributed by atoms with Gasteiger partial charge in [0.05, 0.1) is 5.92 Å². The van der Waals surface area contributed by atoms with E-state index in [0.29, 0.717) is 17.9 Å². The molecule has 0 radical (unpaired) electrons. The first-order valence-electron chi connectivity index (χ1n) is 8.85. The predicted octanol–water partition coefficient (Wildman–Crippen LogP) is 5.32. The molecule has 2 heteroatoms. The van der Waals surface area contributed by atoms with Crippen LogP contribution in [0.15, 0.2) is 54.6 Å². The summed E-state index contributed by atoms with van der Waals surface area (Å²) < 4.78 is 0. The van der Waals surface area contributed by atoms with Crippen molar-refractivity contribution in [3.8, 4) is 11.1 Å². The normalized spacial score (nSPS) is 16.0. The van der Waals surface area contributed by atoms with Crippen LogP contribution >= 0.6 is 0 Å². The highest BCUT2D eigenvalue weighted by molar-refractivity contribution is 6.10. The highest BCUT2D eigenvalue weighted by atomic mass is 16.1. The average Bonchev–Trinajstić information content (AvgIpc) is 3.13. The molecule has 24 heavy (non-hydrogen) atoms. The quantitative estimate of drug-likeness (QED) is 0.533. The minimum absolute atomic E-state index is 0.000893. The number of hydrogen-bond donors (Lipinski definition) is 0. The number of benzene rings is 2. The van der Waals surface area contributed by atoms with E-state index in [1.807, 2.05) is 42.5 Å². The Bertz CT molecular complexity index is 695. The van der Waals surface area contributed by atoms with Gasteiger partial charge in [-0.3, -0.25) is 9.59 Å². The second kappa shape index (κ2) is 7.57. The summed E-state index contributed by atoms with van der Waals surface area (Å²) >= 11 is 0. The first kappa shape index (κ1) is 16.6. The number of carbonyl (C=O) groups excluding carboxylic acids is 2. The zero-order chi connectivity index (χ0) is 16.9. The lowest BCUT2D eigenvalue weighted by Gasteiger charge is -2.17. The van der Waals surface area contributed by atoms with Crippen molar-refractivity contribution in [2.75, 3.05) is 0 Å². The van der Waals surface area contributed by atoms with Gasteiger partial charge in [0, 0.05) is 5.56 Å². The predicted molar refractivity (Wildman–Crippen MR) is 97.0 cm³/mol. The molecule has 1 aliphatic rings. The third kappa shape index (κ3) is 3.81. The molecule has 0 heterocycles. The van der Waals surface area contributed by atoms with Gasteiger partial charge in [0.2, 0.25) is 0 Å². The summed E-state index contributed by atoms with van der Waals surface area (Å²) in [5, 5.41) is 0. The summed E-state index contributed by atoms with van der Waals surface area (Å²) in [6.07, 6.45) is 5.49. The first-order valence-corrected chi connectivity index (χ1v) is 8.85. The van der Waals surface area contributed by atoms with E-state index >= 15 is 0 Å². The van der Waals surface area contributed by atoms with E-state index in [0.717, 1.165) is 24.0 Å². The van der Waals surface area contributed by atoms with Crippen molar-refractivity contribution in [2.24, 2.45) is 11.8 Å². The van der Waals surface area contributed by atoms with Crippen LogP contribution in [0, 0.1) is 11.8 Å². The largest absolute Gasteiger partial charge is 0.299 e. The Morgan fingerprint density at radius 3 is 2.08 bits per heavy atom. The van der Waals surface area contributed by atoms with Gasteiger partial charge >= 0.3 is 0 Å². The van der Waals surface area contributed by atoms with Gasteiger partial charge in [-0.25, -0.2) is 0 Å². The molecule has 1 atom stereocenters. The van der Waals surface area contributed by atoms with E-state index < -0.39 is 5.92 Å². The molecule has 0 aliphatic heterocycles. The van der Waals surface area contributed by atoms with Crippen LogP contribution < -0.4 is 0 Å². The minimum Gasteiger partial charge on any atom is -0.299 e. The standard InChI is InChI=1S/C22H24O2/c1-16(23)21(15-17-7-5-6-8-17)22(24)20-13-11-19(12-14-20)18-9-3-2-4-10-18/h2-4,9-14,17,21H,5-8,15H2,1H3.